The minimum Gasteiger partial charge on any atom is -0.390 e. The van der Waals surface area contributed by atoms with Crippen molar-refractivity contribution in [3.63, 3.8) is 0 Å². The number of fused-ring (bicyclic) bond motifs is 2. The Bertz CT molecular complexity index is 1380. The van der Waals surface area contributed by atoms with Crippen LogP contribution in [0.5, 0.6) is 0 Å². The Kier molecular flexibility index (Phi) is 5.58. The topological polar surface area (TPSA) is 92.6 Å². The molecule has 10 heteroatoms. The predicted octanol–water partition coefficient (Wildman–Crippen LogP) is 3.85. The normalized spacial score (nSPS) is 20.7. The van der Waals surface area contributed by atoms with Gasteiger partial charge >= 0.3 is 6.18 Å². The van der Waals surface area contributed by atoms with Gasteiger partial charge in [0.1, 0.15) is 11.7 Å². The van der Waals surface area contributed by atoms with E-state index in [9.17, 15) is 18.3 Å². The number of nitrogens with two attached hydrogens (primary N) is 1. The van der Waals surface area contributed by atoms with E-state index in [1.807, 2.05) is 24.3 Å². The molecule has 0 spiro atoms. The summed E-state index contributed by atoms with van der Waals surface area (Å²) in [5.41, 5.74) is 8.47. The maximum absolute atomic E-state index is 14.2. The first-order valence-corrected chi connectivity index (χ1v) is 11.4. The molecule has 0 unspecified atom stereocenters. The van der Waals surface area contributed by atoms with Gasteiger partial charge in [0.25, 0.3) is 0 Å². The molecule has 1 saturated heterocycles. The van der Waals surface area contributed by atoms with E-state index >= 15 is 0 Å². The molecule has 7 nitrogen and oxygen atoms in total. The molecule has 3 N–H and O–H groups in total. The molecule has 5 rings (SSSR count). The minimum absolute atomic E-state index is 0.0171. The third-order valence-corrected chi connectivity index (χ3v) is 6.53. The van der Waals surface area contributed by atoms with Crippen LogP contribution in [0.25, 0.3) is 28.1 Å². The standard InChI is InChI=1S/C25H27F3N6O/c1-24(2,3)16-6-4-5-14-7-9-18(30-21(14)16)23-32-31-20-10-8-15(11-34(20)23)22(25(26,27)28)33-12-17(29)19(35)13-33/h4-11,17,19,22,35H,12-13,29H2,1-3H3/t17-,19-,22-/m1/s1. The summed E-state index contributed by atoms with van der Waals surface area (Å²) in [6, 6.07) is 9.99. The molecule has 1 fully saturated rings. The molecule has 1 aliphatic heterocycles. The number of aliphatic hydroxyl groups is 1. The van der Waals surface area contributed by atoms with Crippen LogP contribution in [0, 0.1) is 0 Å². The smallest absolute Gasteiger partial charge is 0.390 e. The van der Waals surface area contributed by atoms with Crippen molar-refractivity contribution in [1.29, 1.82) is 0 Å². The quantitative estimate of drug-likeness (QED) is 0.459. The number of nitrogens with zero attached hydrogens (tertiary/aromatic N) is 5. The Morgan fingerprint density at radius 1 is 1.03 bits per heavy atom. The molecule has 35 heavy (non-hydrogen) atoms. The second-order valence-corrected chi connectivity index (χ2v) is 10.2. The van der Waals surface area contributed by atoms with Crippen molar-refractivity contribution in [3.8, 4) is 11.5 Å². The number of para-hydroxylation sites is 1. The number of hydrogen-bond acceptors (Lipinski definition) is 6. The van der Waals surface area contributed by atoms with Gasteiger partial charge in [-0.15, -0.1) is 10.2 Å². The van der Waals surface area contributed by atoms with Crippen LogP contribution in [0.2, 0.25) is 0 Å². The SMILES string of the molecule is CC(C)(C)c1cccc2ccc(-c3nnc4ccc([C@@H](N5C[C@@H](N)[C@H](O)C5)C(F)(F)F)cn34)nc12. The number of aliphatic hydroxyl groups excluding tert-OH is 1. The van der Waals surface area contributed by atoms with Gasteiger partial charge in [0, 0.05) is 30.7 Å². The van der Waals surface area contributed by atoms with Crippen LogP contribution in [0.1, 0.15) is 37.9 Å². The largest absolute Gasteiger partial charge is 0.408 e. The van der Waals surface area contributed by atoms with Crippen LogP contribution < -0.4 is 5.73 Å². The third-order valence-electron chi connectivity index (χ3n) is 6.53. The van der Waals surface area contributed by atoms with Crippen LogP contribution in [0.3, 0.4) is 0 Å². The van der Waals surface area contributed by atoms with E-state index < -0.39 is 24.4 Å². The number of pyridine rings is 2. The first kappa shape index (κ1) is 23.7. The highest BCUT2D eigenvalue weighted by Gasteiger charge is 2.48. The molecule has 4 heterocycles. The van der Waals surface area contributed by atoms with Gasteiger partial charge in [0.15, 0.2) is 11.5 Å². The van der Waals surface area contributed by atoms with Crippen molar-refractivity contribution < 1.29 is 18.3 Å². The highest BCUT2D eigenvalue weighted by molar-refractivity contribution is 5.84. The summed E-state index contributed by atoms with van der Waals surface area (Å²) in [6.07, 6.45) is -4.16. The predicted molar refractivity (Wildman–Crippen MR) is 127 cm³/mol. The van der Waals surface area contributed by atoms with Crippen molar-refractivity contribution in [1.82, 2.24) is 24.5 Å². The molecular formula is C25H27F3N6O. The summed E-state index contributed by atoms with van der Waals surface area (Å²) in [4.78, 5) is 6.02. The Morgan fingerprint density at radius 3 is 2.46 bits per heavy atom. The number of likely N-dealkylation sites (tertiary alicyclic amines) is 1. The second kappa shape index (κ2) is 8.25. The molecule has 0 bridgehead atoms. The van der Waals surface area contributed by atoms with Crippen molar-refractivity contribution >= 4 is 16.6 Å². The van der Waals surface area contributed by atoms with Crippen molar-refractivity contribution in [3.05, 3.63) is 59.8 Å². The zero-order valence-corrected chi connectivity index (χ0v) is 19.7. The van der Waals surface area contributed by atoms with E-state index in [0.29, 0.717) is 17.2 Å². The number of aromatic nitrogens is 4. The van der Waals surface area contributed by atoms with Crippen molar-refractivity contribution in [2.75, 3.05) is 13.1 Å². The summed E-state index contributed by atoms with van der Waals surface area (Å²) in [7, 11) is 0. The lowest BCUT2D eigenvalue weighted by atomic mass is 9.85. The van der Waals surface area contributed by atoms with Crippen molar-refractivity contribution in [2.45, 2.75) is 50.6 Å². The highest BCUT2D eigenvalue weighted by atomic mass is 19.4. The molecule has 184 valence electrons. The Balaban J connectivity index is 1.63. The fourth-order valence-corrected chi connectivity index (χ4v) is 4.78. The molecule has 3 aromatic heterocycles. The first-order valence-electron chi connectivity index (χ1n) is 11.4. The van der Waals surface area contributed by atoms with Crippen LogP contribution in [-0.2, 0) is 5.41 Å². The van der Waals surface area contributed by atoms with E-state index in [0.717, 1.165) is 16.5 Å². The van der Waals surface area contributed by atoms with Crippen LogP contribution >= 0.6 is 0 Å². The molecule has 0 saturated carbocycles. The van der Waals surface area contributed by atoms with Gasteiger partial charge in [-0.3, -0.25) is 9.30 Å². The van der Waals surface area contributed by atoms with E-state index in [4.69, 9.17) is 10.7 Å². The monoisotopic (exact) mass is 484 g/mol. The van der Waals surface area contributed by atoms with E-state index in [1.54, 1.807) is 6.07 Å². The van der Waals surface area contributed by atoms with Crippen LogP contribution in [-0.4, -0.2) is 61.0 Å². The second-order valence-electron chi connectivity index (χ2n) is 10.2. The number of β-amino-alcohol motifs (C(OH)–C–C–N with tert-alkyl or cyclic N) is 1. The molecule has 4 aromatic rings. The van der Waals surface area contributed by atoms with Gasteiger partial charge in [0.05, 0.1) is 11.6 Å². The maximum Gasteiger partial charge on any atom is 0.408 e. The molecule has 1 aliphatic rings. The van der Waals surface area contributed by atoms with Crippen LogP contribution in [0.15, 0.2) is 48.7 Å². The van der Waals surface area contributed by atoms with Gasteiger partial charge in [-0.1, -0.05) is 51.1 Å². The molecule has 0 amide bonds. The van der Waals surface area contributed by atoms with Gasteiger partial charge in [-0.25, -0.2) is 4.98 Å². The highest BCUT2D eigenvalue weighted by Crippen LogP contribution is 2.39. The Labute approximate surface area is 200 Å². The summed E-state index contributed by atoms with van der Waals surface area (Å²) in [5, 5.41) is 19.3. The maximum atomic E-state index is 14.2. The van der Waals surface area contributed by atoms with Crippen LogP contribution in [0.4, 0.5) is 13.2 Å². The number of rotatable bonds is 3. The minimum atomic E-state index is -4.56. The molecule has 3 atom stereocenters. The van der Waals surface area contributed by atoms with E-state index in [2.05, 4.69) is 31.0 Å². The average molecular weight is 485 g/mol. The van der Waals surface area contributed by atoms with E-state index in [1.165, 1.54) is 27.6 Å². The zero-order valence-electron chi connectivity index (χ0n) is 19.7. The fourth-order valence-electron chi connectivity index (χ4n) is 4.78. The Hall–Kier alpha value is -3.08. The molecule has 0 aliphatic carbocycles. The third kappa shape index (κ3) is 4.26. The molecule has 0 radical (unpaired) electrons. The van der Waals surface area contributed by atoms with Crippen molar-refractivity contribution in [2.24, 2.45) is 5.73 Å². The number of benzene rings is 1. The van der Waals surface area contributed by atoms with E-state index in [-0.39, 0.29) is 24.1 Å². The average Bonchev–Trinajstić information content (AvgIpc) is 3.34. The summed E-state index contributed by atoms with van der Waals surface area (Å²) >= 11 is 0. The summed E-state index contributed by atoms with van der Waals surface area (Å²) in [5.74, 6) is 0.353. The Morgan fingerprint density at radius 2 is 1.80 bits per heavy atom. The number of hydrogen-bond donors (Lipinski definition) is 2. The lowest BCUT2D eigenvalue weighted by Crippen LogP contribution is -2.38. The first-order chi connectivity index (χ1) is 16.4. The summed E-state index contributed by atoms with van der Waals surface area (Å²) < 4.78 is 44.1. The zero-order chi connectivity index (χ0) is 25.1. The summed E-state index contributed by atoms with van der Waals surface area (Å²) in [6.45, 7) is 6.11. The fraction of sp³-hybridized carbons (Fsp3) is 0.400. The van der Waals surface area contributed by atoms with Gasteiger partial charge in [-0.05, 0) is 28.7 Å². The molecule has 1 aromatic carbocycles. The van der Waals surface area contributed by atoms with Gasteiger partial charge < -0.3 is 10.8 Å². The lowest BCUT2D eigenvalue weighted by Gasteiger charge is -2.29. The molecular weight excluding hydrogens is 457 g/mol. The van der Waals surface area contributed by atoms with Gasteiger partial charge in [-0.2, -0.15) is 13.2 Å². The van der Waals surface area contributed by atoms with Gasteiger partial charge in [0.2, 0.25) is 0 Å². The lowest BCUT2D eigenvalue weighted by molar-refractivity contribution is -0.184. The number of alkyl halides is 3. The number of halogens is 3.